The minimum Gasteiger partial charge on any atom is -0.369 e. The Labute approximate surface area is 209 Å². The van der Waals surface area contributed by atoms with Gasteiger partial charge in [-0.05, 0) is 58.3 Å². The molecule has 3 N–H and O–H groups in total. The molecule has 5 rings (SSSR count). The SMILES string of the molecule is NC(=O)Cc1ccc(-c2ccnc(Nc3ccc(N4CCN(Cc5ccsc5)CC4)cc3)n2)cc1. The lowest BCUT2D eigenvalue weighted by atomic mass is 10.1. The number of nitrogens with zero attached hydrogens (tertiary/aromatic N) is 4. The highest BCUT2D eigenvalue weighted by Gasteiger charge is 2.17. The van der Waals surface area contributed by atoms with Gasteiger partial charge in [0, 0.05) is 55.9 Å². The highest BCUT2D eigenvalue weighted by atomic mass is 32.1. The number of aromatic nitrogens is 2. The summed E-state index contributed by atoms with van der Waals surface area (Å²) in [4.78, 5) is 25.1. The van der Waals surface area contributed by atoms with Crippen molar-refractivity contribution >= 4 is 34.6 Å². The van der Waals surface area contributed by atoms with Crippen molar-refractivity contribution < 1.29 is 4.79 Å². The minimum atomic E-state index is -0.339. The number of carbonyl (C=O) groups excluding carboxylic acids is 1. The van der Waals surface area contributed by atoms with Crippen molar-refractivity contribution in [3.63, 3.8) is 0 Å². The summed E-state index contributed by atoms with van der Waals surface area (Å²) in [6, 6.07) is 20.2. The summed E-state index contributed by atoms with van der Waals surface area (Å²) in [7, 11) is 0. The van der Waals surface area contributed by atoms with E-state index in [0.29, 0.717) is 5.95 Å². The molecule has 35 heavy (non-hydrogen) atoms. The Morgan fingerprint density at radius 3 is 2.40 bits per heavy atom. The molecule has 8 heteroatoms. The zero-order valence-electron chi connectivity index (χ0n) is 19.4. The summed E-state index contributed by atoms with van der Waals surface area (Å²) in [5, 5.41) is 7.69. The van der Waals surface area contributed by atoms with E-state index in [0.717, 1.165) is 55.2 Å². The predicted octanol–water partition coefficient (Wildman–Crippen LogP) is 4.30. The molecule has 1 saturated heterocycles. The average molecular weight is 485 g/mol. The summed E-state index contributed by atoms with van der Waals surface area (Å²) >= 11 is 1.76. The third-order valence-corrected chi connectivity index (χ3v) is 6.86. The Bertz CT molecular complexity index is 1250. The lowest BCUT2D eigenvalue weighted by Gasteiger charge is -2.36. The van der Waals surface area contributed by atoms with E-state index in [1.54, 1.807) is 17.5 Å². The molecular formula is C27H28N6OS. The van der Waals surface area contributed by atoms with Crippen molar-refractivity contribution in [1.82, 2.24) is 14.9 Å². The van der Waals surface area contributed by atoms with Gasteiger partial charge in [-0.25, -0.2) is 9.97 Å². The van der Waals surface area contributed by atoms with Gasteiger partial charge in [-0.2, -0.15) is 11.3 Å². The molecule has 0 aliphatic carbocycles. The van der Waals surface area contributed by atoms with Gasteiger partial charge in [0.05, 0.1) is 12.1 Å². The van der Waals surface area contributed by atoms with Crippen molar-refractivity contribution in [1.29, 1.82) is 0 Å². The molecule has 0 bridgehead atoms. The van der Waals surface area contributed by atoms with Crippen LogP contribution in [-0.4, -0.2) is 47.0 Å². The number of nitrogens with two attached hydrogens (primary N) is 1. The normalized spacial score (nSPS) is 14.1. The quantitative estimate of drug-likeness (QED) is 0.388. The van der Waals surface area contributed by atoms with Crippen LogP contribution in [0.3, 0.4) is 0 Å². The number of benzene rings is 2. The maximum Gasteiger partial charge on any atom is 0.227 e. The van der Waals surface area contributed by atoms with Crippen LogP contribution in [0.1, 0.15) is 11.1 Å². The monoisotopic (exact) mass is 484 g/mol. The molecule has 1 aliphatic rings. The molecular weight excluding hydrogens is 456 g/mol. The number of anilines is 3. The van der Waals surface area contributed by atoms with Gasteiger partial charge >= 0.3 is 0 Å². The molecule has 0 spiro atoms. The van der Waals surface area contributed by atoms with Gasteiger partial charge in [0.2, 0.25) is 11.9 Å². The molecule has 178 valence electrons. The molecule has 1 fully saturated rings. The van der Waals surface area contributed by atoms with Gasteiger partial charge in [-0.3, -0.25) is 9.69 Å². The maximum absolute atomic E-state index is 11.1. The van der Waals surface area contributed by atoms with Crippen molar-refractivity contribution in [2.75, 3.05) is 36.4 Å². The number of piperazine rings is 1. The zero-order valence-corrected chi connectivity index (χ0v) is 20.2. The van der Waals surface area contributed by atoms with Crippen LogP contribution in [0, 0.1) is 0 Å². The van der Waals surface area contributed by atoms with Crippen LogP contribution in [0.2, 0.25) is 0 Å². The van der Waals surface area contributed by atoms with Crippen LogP contribution in [0.25, 0.3) is 11.3 Å². The molecule has 1 amide bonds. The van der Waals surface area contributed by atoms with Gasteiger partial charge in [0.25, 0.3) is 0 Å². The second kappa shape index (κ2) is 10.7. The Hall–Kier alpha value is -3.75. The molecule has 0 saturated carbocycles. The highest BCUT2D eigenvalue weighted by Crippen LogP contribution is 2.23. The third-order valence-electron chi connectivity index (χ3n) is 6.13. The van der Waals surface area contributed by atoms with E-state index in [-0.39, 0.29) is 12.3 Å². The number of primary amides is 1. The predicted molar refractivity (Wildman–Crippen MR) is 142 cm³/mol. The van der Waals surface area contributed by atoms with Crippen LogP contribution in [0.4, 0.5) is 17.3 Å². The van der Waals surface area contributed by atoms with Gasteiger partial charge < -0.3 is 16.0 Å². The fraction of sp³-hybridized carbons (Fsp3) is 0.222. The molecule has 4 aromatic rings. The van der Waals surface area contributed by atoms with E-state index in [2.05, 4.69) is 66.2 Å². The van der Waals surface area contributed by atoms with Crippen molar-refractivity contribution in [3.05, 3.63) is 88.7 Å². The summed E-state index contributed by atoms with van der Waals surface area (Å²) in [5.74, 6) is 0.201. The number of amides is 1. The van der Waals surface area contributed by atoms with Crippen LogP contribution < -0.4 is 16.0 Å². The lowest BCUT2D eigenvalue weighted by molar-refractivity contribution is -0.117. The maximum atomic E-state index is 11.1. The molecule has 2 aromatic carbocycles. The highest BCUT2D eigenvalue weighted by molar-refractivity contribution is 7.07. The number of rotatable bonds is 8. The summed E-state index contributed by atoms with van der Waals surface area (Å²) in [6.45, 7) is 5.23. The molecule has 0 radical (unpaired) electrons. The van der Waals surface area contributed by atoms with Crippen LogP contribution in [-0.2, 0) is 17.8 Å². The van der Waals surface area contributed by atoms with Crippen LogP contribution >= 0.6 is 11.3 Å². The van der Waals surface area contributed by atoms with E-state index in [4.69, 9.17) is 5.73 Å². The number of carbonyl (C=O) groups is 1. The van der Waals surface area contributed by atoms with Crippen LogP contribution in [0.15, 0.2) is 77.6 Å². The third kappa shape index (κ3) is 6.03. The summed E-state index contributed by atoms with van der Waals surface area (Å²) in [5.41, 5.74) is 11.5. The molecule has 2 aromatic heterocycles. The van der Waals surface area contributed by atoms with Gasteiger partial charge in [0.15, 0.2) is 0 Å². The Kier molecular flexibility index (Phi) is 7.02. The average Bonchev–Trinajstić information content (AvgIpc) is 3.38. The lowest BCUT2D eigenvalue weighted by Crippen LogP contribution is -2.45. The van der Waals surface area contributed by atoms with Crippen molar-refractivity contribution in [2.45, 2.75) is 13.0 Å². The minimum absolute atomic E-state index is 0.234. The first-order chi connectivity index (χ1) is 17.1. The van der Waals surface area contributed by atoms with E-state index in [9.17, 15) is 4.79 Å². The first-order valence-electron chi connectivity index (χ1n) is 11.7. The largest absolute Gasteiger partial charge is 0.369 e. The molecule has 7 nitrogen and oxygen atoms in total. The topological polar surface area (TPSA) is 87.4 Å². The fourth-order valence-electron chi connectivity index (χ4n) is 4.26. The van der Waals surface area contributed by atoms with E-state index >= 15 is 0 Å². The van der Waals surface area contributed by atoms with Crippen LogP contribution in [0.5, 0.6) is 0 Å². The molecule has 3 heterocycles. The second-order valence-electron chi connectivity index (χ2n) is 8.67. The van der Waals surface area contributed by atoms with Crippen molar-refractivity contribution in [3.8, 4) is 11.3 Å². The number of hydrogen-bond acceptors (Lipinski definition) is 7. The van der Waals surface area contributed by atoms with Gasteiger partial charge in [0.1, 0.15) is 0 Å². The Balaban J connectivity index is 1.18. The summed E-state index contributed by atoms with van der Waals surface area (Å²) < 4.78 is 0. The number of hydrogen-bond donors (Lipinski definition) is 2. The van der Waals surface area contributed by atoms with Crippen molar-refractivity contribution in [2.24, 2.45) is 5.73 Å². The zero-order chi connectivity index (χ0) is 24.0. The first-order valence-corrected chi connectivity index (χ1v) is 12.6. The molecule has 1 aliphatic heterocycles. The van der Waals surface area contributed by atoms with Gasteiger partial charge in [-0.1, -0.05) is 24.3 Å². The van der Waals surface area contributed by atoms with E-state index < -0.39 is 0 Å². The molecule has 0 atom stereocenters. The van der Waals surface area contributed by atoms with Gasteiger partial charge in [-0.15, -0.1) is 0 Å². The second-order valence-corrected chi connectivity index (χ2v) is 9.45. The smallest absolute Gasteiger partial charge is 0.227 e. The standard InChI is InChI=1S/C27H28N6OS/c28-26(34)17-20-1-3-22(4-2-20)25-9-11-29-27(31-25)30-23-5-7-24(8-6-23)33-14-12-32(13-15-33)18-21-10-16-35-19-21/h1-11,16,19H,12-15,17-18H2,(H2,28,34)(H,29,30,31). The number of nitrogens with one attached hydrogen (secondary N) is 1. The fourth-order valence-corrected chi connectivity index (χ4v) is 4.92. The van der Waals surface area contributed by atoms with E-state index in [1.807, 2.05) is 30.3 Å². The number of thiophene rings is 1. The molecule has 0 unspecified atom stereocenters. The summed E-state index contributed by atoms with van der Waals surface area (Å²) in [6.07, 6.45) is 1.98. The Morgan fingerprint density at radius 2 is 1.71 bits per heavy atom. The van der Waals surface area contributed by atoms with E-state index in [1.165, 1.54) is 11.3 Å². The Morgan fingerprint density at radius 1 is 0.943 bits per heavy atom. The first kappa shape index (κ1) is 23.0.